The second kappa shape index (κ2) is 6.21. The number of likely N-dealkylation sites (tertiary alicyclic amines) is 1. The molecular weight excluding hydrogens is 278 g/mol. The van der Waals surface area contributed by atoms with Crippen LogP contribution in [0.1, 0.15) is 56.6 Å². The van der Waals surface area contributed by atoms with Crippen molar-refractivity contribution < 1.29 is 14.7 Å². The molecule has 0 unspecified atom stereocenters. The number of benzene rings is 1. The number of carbonyl (C=O) groups is 2. The molecule has 2 amide bonds. The highest BCUT2D eigenvalue weighted by atomic mass is 16.3. The minimum Gasteiger partial charge on any atom is -0.387 e. The van der Waals surface area contributed by atoms with Gasteiger partial charge in [-0.2, -0.15) is 0 Å². The molecule has 4 heteroatoms. The lowest BCUT2D eigenvalue weighted by Gasteiger charge is -2.42. The van der Waals surface area contributed by atoms with E-state index >= 15 is 0 Å². The summed E-state index contributed by atoms with van der Waals surface area (Å²) in [7, 11) is 0. The Kier molecular flexibility index (Phi) is 4.30. The Bertz CT molecular complexity index is 529. The van der Waals surface area contributed by atoms with E-state index in [1.807, 2.05) is 30.3 Å². The van der Waals surface area contributed by atoms with Crippen LogP contribution < -0.4 is 0 Å². The number of nitrogens with zero attached hydrogens (tertiary/aromatic N) is 1. The molecule has 1 N–H and O–H groups in total. The first-order valence-corrected chi connectivity index (χ1v) is 8.16. The van der Waals surface area contributed by atoms with Crippen LogP contribution in [0.2, 0.25) is 0 Å². The summed E-state index contributed by atoms with van der Waals surface area (Å²) in [4.78, 5) is 26.1. The third-order valence-electron chi connectivity index (χ3n) is 5.11. The van der Waals surface area contributed by atoms with Gasteiger partial charge in [0.15, 0.2) is 0 Å². The second-order valence-corrected chi connectivity index (χ2v) is 6.74. The summed E-state index contributed by atoms with van der Waals surface area (Å²) in [6.07, 6.45) is 5.52. The van der Waals surface area contributed by atoms with Gasteiger partial charge in [0.2, 0.25) is 11.8 Å². The molecule has 22 heavy (non-hydrogen) atoms. The second-order valence-electron chi connectivity index (χ2n) is 6.74. The van der Waals surface area contributed by atoms with Crippen LogP contribution in [0.25, 0.3) is 0 Å². The van der Waals surface area contributed by atoms with Crippen molar-refractivity contribution in [2.24, 2.45) is 5.41 Å². The molecule has 1 saturated heterocycles. The summed E-state index contributed by atoms with van der Waals surface area (Å²) < 4.78 is 0. The largest absolute Gasteiger partial charge is 0.387 e. The Hall–Kier alpha value is -1.68. The molecule has 118 valence electrons. The maximum absolute atomic E-state index is 12.4. The smallest absolute Gasteiger partial charge is 0.229 e. The highest BCUT2D eigenvalue weighted by Crippen LogP contribution is 2.45. The molecule has 1 aromatic carbocycles. The van der Waals surface area contributed by atoms with Gasteiger partial charge in [0.1, 0.15) is 0 Å². The van der Waals surface area contributed by atoms with Gasteiger partial charge in [0.25, 0.3) is 0 Å². The number of amides is 2. The number of aliphatic hydroxyl groups excluding tert-OH is 1. The van der Waals surface area contributed by atoms with Gasteiger partial charge >= 0.3 is 0 Å². The van der Waals surface area contributed by atoms with E-state index in [1.54, 1.807) is 0 Å². The number of imide groups is 1. The van der Waals surface area contributed by atoms with Gasteiger partial charge in [-0.25, -0.2) is 0 Å². The molecule has 1 aliphatic carbocycles. The number of rotatable bonds is 3. The van der Waals surface area contributed by atoms with E-state index in [4.69, 9.17) is 0 Å². The molecular formula is C18H23NO3. The van der Waals surface area contributed by atoms with E-state index in [2.05, 4.69) is 0 Å². The summed E-state index contributed by atoms with van der Waals surface area (Å²) >= 11 is 0. The molecule has 1 atom stereocenters. The zero-order valence-electron chi connectivity index (χ0n) is 12.8. The van der Waals surface area contributed by atoms with Crippen molar-refractivity contribution in [2.75, 3.05) is 6.54 Å². The van der Waals surface area contributed by atoms with Crippen LogP contribution in [0.3, 0.4) is 0 Å². The predicted molar refractivity (Wildman–Crippen MR) is 82.9 cm³/mol. The minimum absolute atomic E-state index is 0.0672. The molecule has 1 aliphatic heterocycles. The van der Waals surface area contributed by atoms with E-state index < -0.39 is 6.10 Å². The number of hydrogen-bond donors (Lipinski definition) is 1. The zero-order valence-corrected chi connectivity index (χ0v) is 12.8. The van der Waals surface area contributed by atoms with Crippen molar-refractivity contribution in [3.63, 3.8) is 0 Å². The van der Waals surface area contributed by atoms with E-state index in [-0.39, 0.29) is 23.8 Å². The monoisotopic (exact) mass is 301 g/mol. The highest BCUT2D eigenvalue weighted by molar-refractivity contribution is 5.98. The number of piperidine rings is 1. The molecule has 2 fully saturated rings. The standard InChI is InChI=1S/C18H23NO3/c20-15(14-7-3-1-4-8-14)13-19-16(21)11-18(12-17(19)22)9-5-2-6-10-18/h1,3-4,7-8,15,20H,2,5-6,9-13H2/t15-/m0/s1. The lowest BCUT2D eigenvalue weighted by Crippen LogP contribution is -2.49. The molecule has 4 nitrogen and oxygen atoms in total. The van der Waals surface area contributed by atoms with Crippen LogP contribution in [0.5, 0.6) is 0 Å². The fraction of sp³-hybridized carbons (Fsp3) is 0.556. The van der Waals surface area contributed by atoms with E-state index in [1.165, 1.54) is 11.3 Å². The SMILES string of the molecule is O=C1CC2(CCCCC2)CC(=O)N1C[C@H](O)c1ccccc1. The average Bonchev–Trinajstić information content (AvgIpc) is 2.52. The third kappa shape index (κ3) is 3.07. The van der Waals surface area contributed by atoms with Crippen molar-refractivity contribution in [1.82, 2.24) is 4.90 Å². The maximum atomic E-state index is 12.4. The van der Waals surface area contributed by atoms with E-state index in [0.29, 0.717) is 12.8 Å². The van der Waals surface area contributed by atoms with Gasteiger partial charge in [-0.1, -0.05) is 49.6 Å². The van der Waals surface area contributed by atoms with Crippen LogP contribution in [-0.2, 0) is 9.59 Å². The normalized spacial score (nSPS) is 22.9. The van der Waals surface area contributed by atoms with Crippen LogP contribution in [0, 0.1) is 5.41 Å². The van der Waals surface area contributed by atoms with Crippen LogP contribution >= 0.6 is 0 Å². The first kappa shape index (κ1) is 15.2. The first-order valence-electron chi connectivity index (χ1n) is 8.16. The van der Waals surface area contributed by atoms with Gasteiger partial charge in [-0.05, 0) is 23.8 Å². The predicted octanol–water partition coefficient (Wildman–Crippen LogP) is 2.82. The quantitative estimate of drug-likeness (QED) is 0.873. The van der Waals surface area contributed by atoms with E-state index in [9.17, 15) is 14.7 Å². The van der Waals surface area contributed by atoms with Crippen molar-refractivity contribution in [1.29, 1.82) is 0 Å². The van der Waals surface area contributed by atoms with Gasteiger partial charge in [0, 0.05) is 12.8 Å². The molecule has 1 spiro atoms. The van der Waals surface area contributed by atoms with Gasteiger partial charge < -0.3 is 5.11 Å². The Morgan fingerprint density at radius 2 is 1.59 bits per heavy atom. The van der Waals surface area contributed by atoms with Gasteiger partial charge in [0.05, 0.1) is 12.6 Å². The first-order chi connectivity index (χ1) is 10.6. The fourth-order valence-electron chi connectivity index (χ4n) is 3.85. The van der Waals surface area contributed by atoms with Crippen molar-refractivity contribution in [3.8, 4) is 0 Å². The lowest BCUT2D eigenvalue weighted by atomic mass is 9.67. The zero-order chi connectivity index (χ0) is 15.6. The number of hydrogen-bond acceptors (Lipinski definition) is 3. The maximum Gasteiger partial charge on any atom is 0.229 e. The molecule has 2 aliphatic rings. The topological polar surface area (TPSA) is 57.6 Å². The van der Waals surface area contributed by atoms with Gasteiger partial charge in [-0.15, -0.1) is 0 Å². The van der Waals surface area contributed by atoms with E-state index in [0.717, 1.165) is 31.2 Å². The van der Waals surface area contributed by atoms with Crippen molar-refractivity contribution >= 4 is 11.8 Å². The molecule has 0 radical (unpaired) electrons. The molecule has 3 rings (SSSR count). The summed E-state index contributed by atoms with van der Waals surface area (Å²) in [6, 6.07) is 9.18. The molecule has 1 heterocycles. The molecule has 0 aromatic heterocycles. The lowest BCUT2D eigenvalue weighted by molar-refractivity contribution is -0.156. The Labute approximate surface area is 131 Å². The number of aliphatic hydroxyl groups is 1. The van der Waals surface area contributed by atoms with Gasteiger partial charge in [-0.3, -0.25) is 14.5 Å². The fourth-order valence-corrected chi connectivity index (χ4v) is 3.85. The molecule has 0 bridgehead atoms. The third-order valence-corrected chi connectivity index (χ3v) is 5.11. The van der Waals surface area contributed by atoms with Crippen molar-refractivity contribution in [2.45, 2.75) is 51.0 Å². The molecule has 1 saturated carbocycles. The van der Waals surface area contributed by atoms with Crippen LogP contribution in [-0.4, -0.2) is 28.4 Å². The summed E-state index contributed by atoms with van der Waals surface area (Å²) in [5.74, 6) is -0.235. The Balaban J connectivity index is 1.68. The Morgan fingerprint density at radius 3 is 2.18 bits per heavy atom. The summed E-state index contributed by atoms with van der Waals surface area (Å²) in [5.41, 5.74) is 0.640. The highest BCUT2D eigenvalue weighted by Gasteiger charge is 2.44. The Morgan fingerprint density at radius 1 is 1.00 bits per heavy atom. The minimum atomic E-state index is -0.811. The number of carbonyl (C=O) groups excluding carboxylic acids is 2. The average molecular weight is 301 g/mol. The summed E-state index contributed by atoms with van der Waals surface area (Å²) in [5, 5.41) is 10.3. The molecule has 1 aromatic rings. The number of β-amino-alcohol motifs (C(OH)–C–C–N with tert-alkyl or cyclic N) is 1. The van der Waals surface area contributed by atoms with Crippen LogP contribution in [0.15, 0.2) is 30.3 Å². The van der Waals surface area contributed by atoms with Crippen molar-refractivity contribution in [3.05, 3.63) is 35.9 Å². The van der Waals surface area contributed by atoms with Crippen LogP contribution in [0.4, 0.5) is 0 Å². The summed E-state index contributed by atoms with van der Waals surface area (Å²) in [6.45, 7) is 0.0672.